The maximum absolute atomic E-state index is 12.2. The second-order valence-electron chi connectivity index (χ2n) is 6.50. The Kier molecular flexibility index (Phi) is 4.59. The molecule has 3 rings (SSSR count). The summed E-state index contributed by atoms with van der Waals surface area (Å²) >= 11 is 0. The molecule has 1 aromatic rings. The highest BCUT2D eigenvalue weighted by Gasteiger charge is 2.28. The SMILES string of the molecule is O=C(CCCC1Cc2ccccc2C1)N1CCC[C@H]1CO. The van der Waals surface area contributed by atoms with Crippen molar-refractivity contribution in [1.29, 1.82) is 0 Å². The molecule has 0 spiro atoms. The molecule has 0 radical (unpaired) electrons. The van der Waals surface area contributed by atoms with Gasteiger partial charge in [0.2, 0.25) is 5.91 Å². The van der Waals surface area contributed by atoms with Crippen molar-refractivity contribution >= 4 is 5.91 Å². The van der Waals surface area contributed by atoms with Crippen molar-refractivity contribution in [3.05, 3.63) is 35.4 Å². The van der Waals surface area contributed by atoms with Crippen LogP contribution in [0.2, 0.25) is 0 Å². The van der Waals surface area contributed by atoms with Crippen molar-refractivity contribution in [2.45, 2.75) is 51.0 Å². The van der Waals surface area contributed by atoms with Crippen LogP contribution in [-0.2, 0) is 17.6 Å². The van der Waals surface area contributed by atoms with E-state index in [1.54, 1.807) is 0 Å². The minimum absolute atomic E-state index is 0.0771. The molecule has 0 bridgehead atoms. The van der Waals surface area contributed by atoms with Crippen LogP contribution in [0.25, 0.3) is 0 Å². The summed E-state index contributed by atoms with van der Waals surface area (Å²) in [4.78, 5) is 14.1. The fourth-order valence-corrected chi connectivity index (χ4v) is 3.89. The number of rotatable bonds is 5. The topological polar surface area (TPSA) is 40.5 Å². The predicted octanol–water partition coefficient (Wildman–Crippen LogP) is 2.56. The van der Waals surface area contributed by atoms with Gasteiger partial charge in [-0.25, -0.2) is 0 Å². The van der Waals surface area contributed by atoms with E-state index in [9.17, 15) is 9.90 Å². The number of carbonyl (C=O) groups excluding carboxylic acids is 1. The second kappa shape index (κ2) is 6.61. The molecule has 21 heavy (non-hydrogen) atoms. The molecule has 1 aliphatic carbocycles. The van der Waals surface area contributed by atoms with Crippen LogP contribution in [-0.4, -0.2) is 35.1 Å². The molecule has 1 fully saturated rings. The molecule has 2 aliphatic rings. The van der Waals surface area contributed by atoms with Crippen molar-refractivity contribution in [2.24, 2.45) is 5.92 Å². The van der Waals surface area contributed by atoms with Crippen LogP contribution in [0.5, 0.6) is 0 Å². The van der Waals surface area contributed by atoms with Gasteiger partial charge in [-0.15, -0.1) is 0 Å². The number of hydrogen-bond donors (Lipinski definition) is 1. The lowest BCUT2D eigenvalue weighted by Crippen LogP contribution is -2.37. The van der Waals surface area contributed by atoms with E-state index in [1.165, 1.54) is 24.0 Å². The summed E-state index contributed by atoms with van der Waals surface area (Å²) in [5, 5.41) is 9.29. The zero-order chi connectivity index (χ0) is 14.7. The molecule has 0 aromatic heterocycles. The Morgan fingerprint density at radius 1 is 1.24 bits per heavy atom. The number of nitrogens with zero attached hydrogens (tertiary/aromatic N) is 1. The Bertz CT molecular complexity index is 475. The lowest BCUT2D eigenvalue weighted by molar-refractivity contribution is -0.132. The highest BCUT2D eigenvalue weighted by Crippen LogP contribution is 2.30. The Morgan fingerprint density at radius 3 is 2.62 bits per heavy atom. The minimum atomic E-state index is 0.0771. The monoisotopic (exact) mass is 287 g/mol. The summed E-state index contributed by atoms with van der Waals surface area (Å²) in [6, 6.07) is 8.78. The van der Waals surface area contributed by atoms with Crippen LogP contribution in [0, 0.1) is 5.92 Å². The van der Waals surface area contributed by atoms with Crippen molar-refractivity contribution < 1.29 is 9.90 Å². The third kappa shape index (κ3) is 3.29. The Balaban J connectivity index is 1.42. The third-order valence-corrected chi connectivity index (χ3v) is 5.05. The highest BCUT2D eigenvalue weighted by molar-refractivity contribution is 5.76. The van der Waals surface area contributed by atoms with Gasteiger partial charge in [0, 0.05) is 13.0 Å². The fraction of sp³-hybridized carbons (Fsp3) is 0.611. The van der Waals surface area contributed by atoms with Crippen LogP contribution in [0.1, 0.15) is 43.2 Å². The van der Waals surface area contributed by atoms with Gasteiger partial charge in [-0.1, -0.05) is 24.3 Å². The summed E-state index contributed by atoms with van der Waals surface area (Å²) < 4.78 is 0. The van der Waals surface area contributed by atoms with E-state index in [1.807, 2.05) is 4.90 Å². The molecule has 114 valence electrons. The van der Waals surface area contributed by atoms with Crippen LogP contribution >= 0.6 is 0 Å². The zero-order valence-electron chi connectivity index (χ0n) is 12.6. The molecular weight excluding hydrogens is 262 g/mol. The molecule has 3 nitrogen and oxygen atoms in total. The molecule has 1 atom stereocenters. The van der Waals surface area contributed by atoms with E-state index >= 15 is 0 Å². The van der Waals surface area contributed by atoms with Crippen molar-refractivity contribution in [3.63, 3.8) is 0 Å². The van der Waals surface area contributed by atoms with Crippen molar-refractivity contribution in [3.8, 4) is 0 Å². The van der Waals surface area contributed by atoms with E-state index < -0.39 is 0 Å². The van der Waals surface area contributed by atoms with E-state index in [4.69, 9.17) is 0 Å². The smallest absolute Gasteiger partial charge is 0.222 e. The van der Waals surface area contributed by atoms with Gasteiger partial charge in [0.05, 0.1) is 12.6 Å². The zero-order valence-corrected chi connectivity index (χ0v) is 12.6. The minimum Gasteiger partial charge on any atom is -0.394 e. The summed E-state index contributed by atoms with van der Waals surface area (Å²) in [5.74, 6) is 0.949. The van der Waals surface area contributed by atoms with Crippen LogP contribution < -0.4 is 0 Å². The molecule has 1 aliphatic heterocycles. The average Bonchev–Trinajstić information content (AvgIpc) is 3.12. The molecule has 1 amide bonds. The highest BCUT2D eigenvalue weighted by atomic mass is 16.3. The maximum atomic E-state index is 12.2. The lowest BCUT2D eigenvalue weighted by atomic mass is 9.99. The number of aliphatic hydroxyl groups excluding tert-OH is 1. The van der Waals surface area contributed by atoms with E-state index in [-0.39, 0.29) is 18.6 Å². The Morgan fingerprint density at radius 2 is 1.95 bits per heavy atom. The molecule has 1 aromatic carbocycles. The lowest BCUT2D eigenvalue weighted by Gasteiger charge is -2.23. The summed E-state index contributed by atoms with van der Waals surface area (Å²) in [6.07, 6.45) is 7.10. The largest absolute Gasteiger partial charge is 0.394 e. The van der Waals surface area contributed by atoms with Gasteiger partial charge in [0.15, 0.2) is 0 Å². The third-order valence-electron chi connectivity index (χ3n) is 5.05. The van der Waals surface area contributed by atoms with E-state index in [2.05, 4.69) is 24.3 Å². The fourth-order valence-electron chi connectivity index (χ4n) is 3.89. The van der Waals surface area contributed by atoms with Gasteiger partial charge in [-0.3, -0.25) is 4.79 Å². The number of benzene rings is 1. The van der Waals surface area contributed by atoms with Gasteiger partial charge in [0.25, 0.3) is 0 Å². The summed E-state index contributed by atoms with van der Waals surface area (Å²) in [6.45, 7) is 0.947. The number of fused-ring (bicyclic) bond motifs is 1. The van der Waals surface area contributed by atoms with Crippen molar-refractivity contribution in [1.82, 2.24) is 4.90 Å². The molecule has 3 heteroatoms. The first-order valence-electron chi connectivity index (χ1n) is 8.25. The van der Waals surface area contributed by atoms with Gasteiger partial charge >= 0.3 is 0 Å². The average molecular weight is 287 g/mol. The number of aliphatic hydroxyl groups is 1. The molecule has 0 saturated carbocycles. The number of carbonyl (C=O) groups is 1. The first-order valence-corrected chi connectivity index (χ1v) is 8.25. The van der Waals surface area contributed by atoms with Gasteiger partial charge in [-0.2, -0.15) is 0 Å². The Hall–Kier alpha value is -1.35. The first-order chi connectivity index (χ1) is 10.3. The van der Waals surface area contributed by atoms with Gasteiger partial charge in [-0.05, 0) is 55.6 Å². The molecule has 1 saturated heterocycles. The van der Waals surface area contributed by atoms with Crippen LogP contribution in [0.4, 0.5) is 0 Å². The van der Waals surface area contributed by atoms with E-state index in [0.717, 1.165) is 32.2 Å². The summed E-state index contributed by atoms with van der Waals surface area (Å²) in [7, 11) is 0. The predicted molar refractivity (Wildman–Crippen MR) is 83.0 cm³/mol. The van der Waals surface area contributed by atoms with E-state index in [0.29, 0.717) is 12.3 Å². The second-order valence-corrected chi connectivity index (χ2v) is 6.50. The van der Waals surface area contributed by atoms with Crippen LogP contribution in [0.15, 0.2) is 24.3 Å². The normalized spacial score (nSPS) is 21.8. The molecule has 0 unspecified atom stereocenters. The quantitative estimate of drug-likeness (QED) is 0.904. The molecular formula is C18H25NO2. The molecule has 1 N–H and O–H groups in total. The van der Waals surface area contributed by atoms with Gasteiger partial charge < -0.3 is 10.0 Å². The van der Waals surface area contributed by atoms with Crippen molar-refractivity contribution in [2.75, 3.05) is 13.2 Å². The first kappa shape index (κ1) is 14.6. The summed E-state index contributed by atoms with van der Waals surface area (Å²) in [5.41, 5.74) is 2.99. The molecule has 1 heterocycles. The standard InChI is InChI=1S/C18H25NO2/c20-13-17-8-4-10-19(17)18(21)9-3-5-14-11-15-6-1-2-7-16(15)12-14/h1-2,6-7,14,17,20H,3-5,8-13H2/t17-/m0/s1. The van der Waals surface area contributed by atoms with Gasteiger partial charge in [0.1, 0.15) is 0 Å². The maximum Gasteiger partial charge on any atom is 0.222 e. The Labute approximate surface area is 127 Å². The van der Waals surface area contributed by atoms with Crippen LogP contribution in [0.3, 0.4) is 0 Å². The number of hydrogen-bond acceptors (Lipinski definition) is 2. The number of amides is 1. The number of likely N-dealkylation sites (tertiary alicyclic amines) is 1.